The SMILES string of the molecule is O=C(Nc1ccc2nc3[nH]c4ccccc4c3nc2c1)c1cccc(Cl)c1. The molecule has 5 aromatic rings. The molecule has 0 unspecified atom stereocenters. The molecule has 0 aliphatic carbocycles. The van der Waals surface area contributed by atoms with Crippen LogP contribution in [0, 0.1) is 0 Å². The van der Waals surface area contributed by atoms with Gasteiger partial charge in [0.15, 0.2) is 5.65 Å². The van der Waals surface area contributed by atoms with Crippen LogP contribution in [-0.2, 0) is 0 Å². The van der Waals surface area contributed by atoms with Crippen molar-refractivity contribution in [3.05, 3.63) is 77.3 Å². The van der Waals surface area contributed by atoms with E-state index in [1.165, 1.54) is 0 Å². The molecule has 0 saturated carbocycles. The third kappa shape index (κ3) is 2.78. The van der Waals surface area contributed by atoms with Crippen LogP contribution in [0.25, 0.3) is 33.1 Å². The van der Waals surface area contributed by atoms with Crippen molar-refractivity contribution >= 4 is 56.3 Å². The lowest BCUT2D eigenvalue weighted by Crippen LogP contribution is -2.11. The van der Waals surface area contributed by atoms with Crippen LogP contribution in [0.5, 0.6) is 0 Å². The molecule has 0 saturated heterocycles. The van der Waals surface area contributed by atoms with Gasteiger partial charge in [-0.05, 0) is 42.5 Å². The molecule has 5 rings (SSSR count). The molecule has 3 aromatic carbocycles. The van der Waals surface area contributed by atoms with Gasteiger partial charge in [0.05, 0.1) is 11.0 Å². The van der Waals surface area contributed by atoms with E-state index in [1.54, 1.807) is 24.3 Å². The van der Waals surface area contributed by atoms with Crippen molar-refractivity contribution in [2.24, 2.45) is 0 Å². The number of hydrogen-bond donors (Lipinski definition) is 2. The van der Waals surface area contributed by atoms with Crippen LogP contribution < -0.4 is 5.32 Å². The molecule has 5 nitrogen and oxygen atoms in total. The van der Waals surface area contributed by atoms with E-state index in [0.717, 1.165) is 33.1 Å². The summed E-state index contributed by atoms with van der Waals surface area (Å²) in [7, 11) is 0. The van der Waals surface area contributed by atoms with E-state index >= 15 is 0 Å². The molecule has 27 heavy (non-hydrogen) atoms. The molecule has 0 spiro atoms. The zero-order valence-electron chi connectivity index (χ0n) is 14.0. The zero-order valence-corrected chi connectivity index (χ0v) is 14.8. The maximum atomic E-state index is 12.4. The number of anilines is 1. The Morgan fingerprint density at radius 3 is 2.70 bits per heavy atom. The fourth-order valence-electron chi connectivity index (χ4n) is 3.17. The van der Waals surface area contributed by atoms with Gasteiger partial charge in [-0.15, -0.1) is 0 Å². The number of fused-ring (bicyclic) bond motifs is 4. The fourth-order valence-corrected chi connectivity index (χ4v) is 3.36. The lowest BCUT2D eigenvalue weighted by molar-refractivity contribution is 0.102. The summed E-state index contributed by atoms with van der Waals surface area (Å²) in [5.41, 5.74) is 5.20. The summed E-state index contributed by atoms with van der Waals surface area (Å²) >= 11 is 5.96. The molecule has 2 N–H and O–H groups in total. The van der Waals surface area contributed by atoms with Crippen molar-refractivity contribution in [1.82, 2.24) is 15.0 Å². The molecule has 0 aliphatic rings. The van der Waals surface area contributed by atoms with Crippen LogP contribution in [0.3, 0.4) is 0 Å². The summed E-state index contributed by atoms with van der Waals surface area (Å²) < 4.78 is 0. The predicted octanol–water partition coefficient (Wildman–Crippen LogP) is 5.17. The van der Waals surface area contributed by atoms with Crippen molar-refractivity contribution in [3.63, 3.8) is 0 Å². The highest BCUT2D eigenvalue weighted by Gasteiger charge is 2.11. The minimum Gasteiger partial charge on any atom is -0.338 e. The highest BCUT2D eigenvalue weighted by atomic mass is 35.5. The lowest BCUT2D eigenvalue weighted by Gasteiger charge is -2.06. The topological polar surface area (TPSA) is 70.7 Å². The summed E-state index contributed by atoms with van der Waals surface area (Å²) in [6, 6.07) is 20.3. The Bertz CT molecular complexity index is 1340. The number of nitrogens with zero attached hydrogens (tertiary/aromatic N) is 2. The van der Waals surface area contributed by atoms with Crippen LogP contribution in [0.1, 0.15) is 10.4 Å². The summed E-state index contributed by atoms with van der Waals surface area (Å²) in [4.78, 5) is 25.1. The molecule has 0 bridgehead atoms. The highest BCUT2D eigenvalue weighted by Crippen LogP contribution is 2.26. The normalized spacial score (nSPS) is 11.3. The number of halogens is 1. The third-order valence-electron chi connectivity index (χ3n) is 4.44. The van der Waals surface area contributed by atoms with E-state index in [1.807, 2.05) is 42.5 Å². The third-order valence-corrected chi connectivity index (χ3v) is 4.68. The lowest BCUT2D eigenvalue weighted by atomic mass is 10.2. The Labute approximate surface area is 159 Å². The minimum atomic E-state index is -0.224. The first kappa shape index (κ1) is 15.8. The quantitative estimate of drug-likeness (QED) is 0.449. The molecular weight excluding hydrogens is 360 g/mol. The van der Waals surface area contributed by atoms with Crippen LogP contribution in [-0.4, -0.2) is 20.9 Å². The van der Waals surface area contributed by atoms with Gasteiger partial charge in [0.1, 0.15) is 5.52 Å². The number of aromatic nitrogens is 3. The Hall–Kier alpha value is -3.44. The van der Waals surface area contributed by atoms with Gasteiger partial charge in [-0.2, -0.15) is 0 Å². The van der Waals surface area contributed by atoms with Gasteiger partial charge in [-0.3, -0.25) is 4.79 Å². The Kier molecular flexibility index (Phi) is 3.55. The van der Waals surface area contributed by atoms with Crippen molar-refractivity contribution in [2.75, 3.05) is 5.32 Å². The maximum absolute atomic E-state index is 12.4. The van der Waals surface area contributed by atoms with Gasteiger partial charge in [0, 0.05) is 27.2 Å². The smallest absolute Gasteiger partial charge is 0.255 e. The van der Waals surface area contributed by atoms with Crippen molar-refractivity contribution in [2.45, 2.75) is 0 Å². The molecule has 0 radical (unpaired) electrons. The molecule has 6 heteroatoms. The van der Waals surface area contributed by atoms with Crippen molar-refractivity contribution in [3.8, 4) is 0 Å². The second-order valence-corrected chi connectivity index (χ2v) is 6.70. The Balaban J connectivity index is 1.57. The molecule has 2 heterocycles. The van der Waals surface area contributed by atoms with Gasteiger partial charge in [-0.1, -0.05) is 35.9 Å². The van der Waals surface area contributed by atoms with Crippen LogP contribution in [0.2, 0.25) is 5.02 Å². The first-order valence-corrected chi connectivity index (χ1v) is 8.80. The van der Waals surface area contributed by atoms with Gasteiger partial charge in [0.25, 0.3) is 5.91 Å². The predicted molar refractivity (Wildman–Crippen MR) is 108 cm³/mol. The molecule has 0 atom stereocenters. The zero-order chi connectivity index (χ0) is 18.4. The molecule has 2 aromatic heterocycles. The van der Waals surface area contributed by atoms with E-state index < -0.39 is 0 Å². The first-order valence-electron chi connectivity index (χ1n) is 8.42. The monoisotopic (exact) mass is 372 g/mol. The molecule has 0 aliphatic heterocycles. The fraction of sp³-hybridized carbons (Fsp3) is 0. The largest absolute Gasteiger partial charge is 0.338 e. The maximum Gasteiger partial charge on any atom is 0.255 e. The summed E-state index contributed by atoms with van der Waals surface area (Å²) in [5.74, 6) is -0.224. The number of rotatable bonds is 2. The molecule has 1 amide bonds. The summed E-state index contributed by atoms with van der Waals surface area (Å²) in [6.07, 6.45) is 0. The minimum absolute atomic E-state index is 0.224. The van der Waals surface area contributed by atoms with Crippen molar-refractivity contribution in [1.29, 1.82) is 0 Å². The highest BCUT2D eigenvalue weighted by molar-refractivity contribution is 6.31. The van der Waals surface area contributed by atoms with Crippen LogP contribution in [0.15, 0.2) is 66.7 Å². The van der Waals surface area contributed by atoms with Gasteiger partial charge in [0.2, 0.25) is 0 Å². The standard InChI is InChI=1S/C21H13ClN4O/c22-13-5-3-4-12(10-13)21(27)23-14-8-9-17-18(11-14)24-19-15-6-1-2-7-16(15)25-20(19)26-17/h1-11H,(H,23,27)(H,25,26). The number of carbonyl (C=O) groups is 1. The van der Waals surface area contributed by atoms with E-state index in [0.29, 0.717) is 16.3 Å². The van der Waals surface area contributed by atoms with E-state index in [9.17, 15) is 4.79 Å². The van der Waals surface area contributed by atoms with E-state index in [-0.39, 0.29) is 5.91 Å². The van der Waals surface area contributed by atoms with Crippen LogP contribution >= 0.6 is 11.6 Å². The first-order chi connectivity index (χ1) is 13.2. The average Bonchev–Trinajstić information content (AvgIpc) is 3.03. The van der Waals surface area contributed by atoms with E-state index in [4.69, 9.17) is 16.6 Å². The number of H-pyrrole nitrogens is 1. The van der Waals surface area contributed by atoms with Crippen molar-refractivity contribution < 1.29 is 4.79 Å². The summed E-state index contributed by atoms with van der Waals surface area (Å²) in [6.45, 7) is 0. The molecule has 130 valence electrons. The molecule has 0 fully saturated rings. The van der Waals surface area contributed by atoms with Gasteiger partial charge < -0.3 is 10.3 Å². The van der Waals surface area contributed by atoms with Gasteiger partial charge >= 0.3 is 0 Å². The Morgan fingerprint density at radius 2 is 1.81 bits per heavy atom. The number of hydrogen-bond acceptors (Lipinski definition) is 3. The number of carbonyl (C=O) groups excluding carboxylic acids is 1. The number of nitrogens with one attached hydrogen (secondary N) is 2. The second kappa shape index (κ2) is 6.07. The second-order valence-electron chi connectivity index (χ2n) is 6.26. The van der Waals surface area contributed by atoms with Crippen LogP contribution in [0.4, 0.5) is 5.69 Å². The molecular formula is C21H13ClN4O. The van der Waals surface area contributed by atoms with Gasteiger partial charge in [-0.25, -0.2) is 9.97 Å². The average molecular weight is 373 g/mol. The summed E-state index contributed by atoms with van der Waals surface area (Å²) in [5, 5.41) is 4.43. The number of benzene rings is 3. The number of amides is 1. The Morgan fingerprint density at radius 1 is 0.926 bits per heavy atom. The number of aromatic amines is 1. The number of para-hydroxylation sites is 1. The van der Waals surface area contributed by atoms with E-state index in [2.05, 4.69) is 15.3 Å².